The second kappa shape index (κ2) is 3.98. The van der Waals surface area contributed by atoms with Crippen LogP contribution in [0.3, 0.4) is 0 Å². The standard InChI is InChI=1S/C4H9O.C2H5.Al.BrH/c1-4(2,3)5;1-2;;/h1-3H3;1H2,2H3;;1H/q-1;;+2;/p-1. The van der Waals surface area contributed by atoms with Crippen molar-refractivity contribution in [1.29, 1.82) is 0 Å². The maximum atomic E-state index is 5.64. The smallest absolute Gasteiger partial charge is 0.488 e. The minimum Gasteiger partial charge on any atom is -0.488 e. The summed E-state index contributed by atoms with van der Waals surface area (Å²) >= 11 is 2.54. The fraction of sp³-hybridized carbons (Fsp3) is 1.00. The van der Waals surface area contributed by atoms with Crippen molar-refractivity contribution >= 4 is 26.7 Å². The van der Waals surface area contributed by atoms with Crippen LogP contribution < -0.4 is 0 Å². The summed E-state index contributed by atoms with van der Waals surface area (Å²) in [7, 11) is 0. The molecule has 9 heavy (non-hydrogen) atoms. The SMILES string of the molecule is C[CH2][Al]([Br])[O]C(C)(C)C. The predicted octanol–water partition coefficient (Wildman–Crippen LogP) is 2.70. The lowest BCUT2D eigenvalue weighted by Gasteiger charge is -2.22. The van der Waals surface area contributed by atoms with Crippen molar-refractivity contribution in [2.45, 2.75) is 38.6 Å². The van der Waals surface area contributed by atoms with E-state index in [-0.39, 0.29) is 5.60 Å². The zero-order valence-electron chi connectivity index (χ0n) is 6.57. The number of rotatable bonds is 2. The van der Waals surface area contributed by atoms with Crippen LogP contribution >= 0.6 is 14.1 Å². The summed E-state index contributed by atoms with van der Waals surface area (Å²) in [5.74, 6) is 0. The summed E-state index contributed by atoms with van der Waals surface area (Å²) in [6.07, 6.45) is 0. The third kappa shape index (κ3) is 6.86. The third-order valence-electron chi connectivity index (χ3n) is 0.802. The molecule has 0 saturated heterocycles. The normalized spacial score (nSPS) is 11.7. The van der Waals surface area contributed by atoms with E-state index in [2.05, 4.69) is 41.7 Å². The highest BCUT2D eigenvalue weighted by atomic mass is 79.9. The molecule has 0 atom stereocenters. The Labute approximate surface area is 69.2 Å². The highest BCUT2D eigenvalue weighted by Crippen LogP contribution is 2.13. The Morgan fingerprint density at radius 2 is 1.89 bits per heavy atom. The van der Waals surface area contributed by atoms with Gasteiger partial charge in [-0.15, -0.1) is 0 Å². The molecule has 0 aromatic heterocycles. The molecule has 0 N–H and O–H groups in total. The van der Waals surface area contributed by atoms with Crippen molar-refractivity contribution < 1.29 is 3.79 Å². The van der Waals surface area contributed by atoms with Gasteiger partial charge in [0.25, 0.3) is 0 Å². The molecule has 0 aromatic rings. The third-order valence-corrected chi connectivity index (χ3v) is 4.91. The monoisotopic (exact) mass is 208 g/mol. The van der Waals surface area contributed by atoms with Crippen LogP contribution in [0.1, 0.15) is 27.7 Å². The van der Waals surface area contributed by atoms with Gasteiger partial charge in [-0.1, -0.05) is 12.2 Å². The van der Waals surface area contributed by atoms with Crippen LogP contribution in [0.4, 0.5) is 0 Å². The first-order valence-corrected chi connectivity index (χ1v) is 7.74. The second-order valence-corrected chi connectivity index (χ2v) is 7.98. The molecule has 0 rings (SSSR count). The summed E-state index contributed by atoms with van der Waals surface area (Å²) in [4.78, 5) is 0. The van der Waals surface area contributed by atoms with Gasteiger partial charge < -0.3 is 3.79 Å². The Bertz CT molecular complexity index is 79.6. The van der Waals surface area contributed by atoms with E-state index in [1.807, 2.05) is 0 Å². The summed E-state index contributed by atoms with van der Waals surface area (Å²) in [5.41, 5.74) is 0.0381. The fourth-order valence-corrected chi connectivity index (χ4v) is 3.08. The molecule has 0 unspecified atom stereocenters. The van der Waals surface area contributed by atoms with Crippen LogP contribution in [0.2, 0.25) is 5.28 Å². The van der Waals surface area contributed by atoms with Gasteiger partial charge in [-0.05, 0) is 20.8 Å². The van der Waals surface area contributed by atoms with Gasteiger partial charge in [-0.3, -0.25) is 0 Å². The molecule has 0 aromatic carbocycles. The van der Waals surface area contributed by atoms with Gasteiger partial charge in [-0.2, -0.15) is 14.1 Å². The van der Waals surface area contributed by atoms with Gasteiger partial charge >= 0.3 is 12.7 Å². The first kappa shape index (κ1) is 9.97. The van der Waals surface area contributed by atoms with Crippen LogP contribution in [0, 0.1) is 0 Å². The zero-order valence-corrected chi connectivity index (χ0v) is 9.31. The maximum absolute atomic E-state index is 5.64. The average Bonchev–Trinajstić information content (AvgIpc) is 1.62. The minimum atomic E-state index is -0.994. The molecule has 0 spiro atoms. The van der Waals surface area contributed by atoms with Gasteiger partial charge in [-0.25, -0.2) is 0 Å². The van der Waals surface area contributed by atoms with Gasteiger partial charge in [0.05, 0.1) is 0 Å². The van der Waals surface area contributed by atoms with Crippen molar-refractivity contribution in [3.05, 3.63) is 0 Å². The van der Waals surface area contributed by atoms with Crippen LogP contribution in [-0.4, -0.2) is 18.3 Å². The Hall–Kier alpha value is 0.972. The molecule has 0 amide bonds. The molecule has 0 bridgehead atoms. The molecular weight excluding hydrogens is 195 g/mol. The molecule has 0 fully saturated rings. The van der Waals surface area contributed by atoms with E-state index in [0.29, 0.717) is 0 Å². The van der Waals surface area contributed by atoms with Gasteiger partial charge in [0.1, 0.15) is 0 Å². The largest absolute Gasteiger partial charge is 0.557 e. The van der Waals surface area contributed by atoms with Gasteiger partial charge in [0, 0.05) is 5.60 Å². The highest BCUT2D eigenvalue weighted by molar-refractivity contribution is 9.24. The summed E-state index contributed by atoms with van der Waals surface area (Å²) in [5, 5.41) is 1.15. The van der Waals surface area contributed by atoms with Crippen molar-refractivity contribution in [3.8, 4) is 0 Å². The summed E-state index contributed by atoms with van der Waals surface area (Å²) < 4.78 is 5.64. The van der Waals surface area contributed by atoms with Crippen molar-refractivity contribution in [2.75, 3.05) is 0 Å². The average molecular weight is 209 g/mol. The lowest BCUT2D eigenvalue weighted by molar-refractivity contribution is 0.136. The van der Waals surface area contributed by atoms with E-state index in [1.165, 1.54) is 0 Å². The van der Waals surface area contributed by atoms with E-state index in [1.54, 1.807) is 0 Å². The molecular formula is C6H14AlBrO. The first-order chi connectivity index (χ1) is 3.95. The Morgan fingerprint density at radius 1 is 1.44 bits per heavy atom. The van der Waals surface area contributed by atoms with E-state index >= 15 is 0 Å². The van der Waals surface area contributed by atoms with E-state index in [0.717, 1.165) is 5.28 Å². The van der Waals surface area contributed by atoms with Crippen LogP contribution in [0.25, 0.3) is 0 Å². The molecule has 3 heteroatoms. The van der Waals surface area contributed by atoms with Crippen LogP contribution in [-0.2, 0) is 3.79 Å². The van der Waals surface area contributed by atoms with Gasteiger partial charge in [0.15, 0.2) is 0 Å². The molecule has 0 aliphatic carbocycles. The predicted molar refractivity (Wildman–Crippen MR) is 46.0 cm³/mol. The lowest BCUT2D eigenvalue weighted by atomic mass is 10.2. The molecule has 1 nitrogen and oxygen atoms in total. The number of halogens is 1. The van der Waals surface area contributed by atoms with E-state index < -0.39 is 12.7 Å². The number of hydrogen-bond donors (Lipinski definition) is 0. The zero-order chi connectivity index (χ0) is 7.49. The molecule has 54 valence electrons. The quantitative estimate of drug-likeness (QED) is 0.635. The first-order valence-electron chi connectivity index (χ1n) is 3.27. The second-order valence-electron chi connectivity index (χ2n) is 3.05. The van der Waals surface area contributed by atoms with E-state index in [4.69, 9.17) is 3.79 Å². The van der Waals surface area contributed by atoms with Crippen molar-refractivity contribution in [3.63, 3.8) is 0 Å². The molecule has 0 aliphatic rings. The lowest BCUT2D eigenvalue weighted by Crippen LogP contribution is -2.25. The van der Waals surface area contributed by atoms with E-state index in [9.17, 15) is 0 Å². The van der Waals surface area contributed by atoms with Crippen LogP contribution in [0.15, 0.2) is 0 Å². The van der Waals surface area contributed by atoms with Crippen molar-refractivity contribution in [1.82, 2.24) is 0 Å². The minimum absolute atomic E-state index is 0.0381. The molecule has 0 radical (unpaired) electrons. The fourth-order valence-electron chi connectivity index (χ4n) is 0.467. The molecule has 0 heterocycles. The topological polar surface area (TPSA) is 9.23 Å². The molecule has 0 aliphatic heterocycles. The van der Waals surface area contributed by atoms with Gasteiger partial charge in [0.2, 0.25) is 0 Å². The maximum Gasteiger partial charge on any atom is 0.557 e. The Morgan fingerprint density at radius 3 is 2.00 bits per heavy atom. The summed E-state index contributed by atoms with van der Waals surface area (Å²) in [6.45, 7) is 8.41. The Kier molecular flexibility index (Phi) is 4.41. The Balaban J connectivity index is 3.47. The van der Waals surface area contributed by atoms with Crippen molar-refractivity contribution in [2.24, 2.45) is 0 Å². The summed E-state index contributed by atoms with van der Waals surface area (Å²) in [6, 6.07) is 0. The highest BCUT2D eigenvalue weighted by Gasteiger charge is 2.20. The molecule has 0 saturated carbocycles. The number of hydrogen-bond acceptors (Lipinski definition) is 1. The van der Waals surface area contributed by atoms with Crippen LogP contribution in [0.5, 0.6) is 0 Å².